The minimum absolute atomic E-state index is 0.350. The van der Waals surface area contributed by atoms with Gasteiger partial charge in [-0.3, -0.25) is 0 Å². The highest BCUT2D eigenvalue weighted by molar-refractivity contribution is 5.05. The Balaban J connectivity index is 1.86. The van der Waals surface area contributed by atoms with Crippen LogP contribution in [0.25, 0.3) is 0 Å². The highest BCUT2D eigenvalue weighted by atomic mass is 16.5. The molecule has 0 radical (unpaired) electrons. The summed E-state index contributed by atoms with van der Waals surface area (Å²) in [5, 5.41) is 3.91. The van der Waals surface area contributed by atoms with Gasteiger partial charge in [0.05, 0.1) is 6.10 Å². The molecule has 0 saturated heterocycles. The molecule has 2 nitrogen and oxygen atoms in total. The molecule has 0 amide bonds. The van der Waals surface area contributed by atoms with Crippen LogP contribution in [0.2, 0.25) is 0 Å². The molecule has 0 bridgehead atoms. The molecule has 0 heterocycles. The number of rotatable bonds is 6. The van der Waals surface area contributed by atoms with Gasteiger partial charge in [0.25, 0.3) is 0 Å². The fourth-order valence-electron chi connectivity index (χ4n) is 3.92. The smallest absolute Gasteiger partial charge is 0.0658 e. The van der Waals surface area contributed by atoms with Crippen molar-refractivity contribution in [3.05, 3.63) is 0 Å². The Hall–Kier alpha value is -0.0800. The number of nitrogens with one attached hydrogen (secondary N) is 1. The van der Waals surface area contributed by atoms with Crippen LogP contribution in [0, 0.1) is 11.3 Å². The van der Waals surface area contributed by atoms with Gasteiger partial charge in [-0.25, -0.2) is 0 Å². The first-order valence-electron chi connectivity index (χ1n) is 7.99. The predicted molar refractivity (Wildman–Crippen MR) is 76.8 cm³/mol. The van der Waals surface area contributed by atoms with Gasteiger partial charge in [-0.05, 0) is 45.4 Å². The molecule has 2 aliphatic carbocycles. The van der Waals surface area contributed by atoms with Gasteiger partial charge in [0.2, 0.25) is 0 Å². The lowest BCUT2D eigenvalue weighted by Gasteiger charge is -2.55. The first-order valence-corrected chi connectivity index (χ1v) is 7.99. The standard InChI is InChI=1S/C16H31NO/c1-5-16(4)14(11-15(16)18-6-2)17-12(3)13-9-7-8-10-13/h12-15,17H,5-11H2,1-4H3/t12-,14?,15?,16?/m0/s1. The largest absolute Gasteiger partial charge is 0.378 e. The lowest BCUT2D eigenvalue weighted by molar-refractivity contribution is -0.128. The van der Waals surface area contributed by atoms with Crippen LogP contribution in [0.4, 0.5) is 0 Å². The summed E-state index contributed by atoms with van der Waals surface area (Å²) in [5.41, 5.74) is 0.350. The number of hydrogen-bond acceptors (Lipinski definition) is 2. The third kappa shape index (κ3) is 2.60. The van der Waals surface area contributed by atoms with Crippen LogP contribution in [-0.4, -0.2) is 24.8 Å². The third-order valence-corrected chi connectivity index (χ3v) is 5.68. The van der Waals surface area contributed by atoms with Gasteiger partial charge in [0, 0.05) is 24.1 Å². The molecule has 0 aromatic carbocycles. The van der Waals surface area contributed by atoms with Crippen molar-refractivity contribution in [3.63, 3.8) is 0 Å². The van der Waals surface area contributed by atoms with Crippen LogP contribution < -0.4 is 5.32 Å². The molecule has 1 N–H and O–H groups in total. The Labute approximate surface area is 113 Å². The molecule has 2 fully saturated rings. The second-order valence-electron chi connectivity index (χ2n) is 6.59. The van der Waals surface area contributed by atoms with Gasteiger partial charge in [-0.1, -0.05) is 26.7 Å². The zero-order valence-corrected chi connectivity index (χ0v) is 12.7. The van der Waals surface area contributed by atoms with Crippen molar-refractivity contribution in [2.45, 2.75) is 84.4 Å². The number of ether oxygens (including phenoxy) is 1. The van der Waals surface area contributed by atoms with E-state index < -0.39 is 0 Å². The Bertz CT molecular complexity index is 262. The molecular weight excluding hydrogens is 222 g/mol. The highest BCUT2D eigenvalue weighted by Gasteiger charge is 2.51. The molecule has 2 aliphatic rings. The normalized spacial score (nSPS) is 38.7. The minimum atomic E-state index is 0.350. The van der Waals surface area contributed by atoms with Gasteiger partial charge >= 0.3 is 0 Å². The topological polar surface area (TPSA) is 21.3 Å². The maximum absolute atomic E-state index is 5.88. The summed E-state index contributed by atoms with van der Waals surface area (Å²) < 4.78 is 5.88. The van der Waals surface area contributed by atoms with E-state index in [-0.39, 0.29) is 0 Å². The zero-order valence-electron chi connectivity index (χ0n) is 12.7. The van der Waals surface area contributed by atoms with Crippen LogP contribution in [-0.2, 0) is 4.74 Å². The van der Waals surface area contributed by atoms with Crippen LogP contribution in [0.15, 0.2) is 0 Å². The zero-order chi connectivity index (χ0) is 13.2. The van der Waals surface area contributed by atoms with Gasteiger partial charge in [0.15, 0.2) is 0 Å². The molecule has 106 valence electrons. The van der Waals surface area contributed by atoms with Gasteiger partial charge in [-0.15, -0.1) is 0 Å². The molecule has 0 aliphatic heterocycles. The van der Waals surface area contributed by atoms with E-state index in [0.717, 1.165) is 12.5 Å². The molecule has 3 unspecified atom stereocenters. The van der Waals surface area contributed by atoms with Crippen LogP contribution in [0.3, 0.4) is 0 Å². The molecule has 2 rings (SSSR count). The van der Waals surface area contributed by atoms with Gasteiger partial charge in [-0.2, -0.15) is 0 Å². The summed E-state index contributed by atoms with van der Waals surface area (Å²) in [6.45, 7) is 10.1. The molecule has 18 heavy (non-hydrogen) atoms. The fraction of sp³-hybridized carbons (Fsp3) is 1.00. The molecule has 0 spiro atoms. The van der Waals surface area contributed by atoms with E-state index in [1.807, 2.05) is 0 Å². The molecular formula is C16H31NO. The first kappa shape index (κ1) is 14.3. The Kier molecular flexibility index (Phi) is 4.71. The summed E-state index contributed by atoms with van der Waals surface area (Å²) >= 11 is 0. The van der Waals surface area contributed by atoms with E-state index in [2.05, 4.69) is 33.0 Å². The van der Waals surface area contributed by atoms with E-state index in [1.54, 1.807) is 0 Å². The van der Waals surface area contributed by atoms with E-state index in [9.17, 15) is 0 Å². The van der Waals surface area contributed by atoms with Crippen LogP contribution in [0.5, 0.6) is 0 Å². The SMILES string of the molecule is CCOC1CC(N[C@@H](C)C2CCCC2)C1(C)CC. The van der Waals surface area contributed by atoms with Gasteiger partial charge < -0.3 is 10.1 Å². The Morgan fingerprint density at radius 3 is 2.50 bits per heavy atom. The van der Waals surface area contributed by atoms with Crippen molar-refractivity contribution >= 4 is 0 Å². The van der Waals surface area contributed by atoms with Crippen molar-refractivity contribution in [2.75, 3.05) is 6.61 Å². The Morgan fingerprint density at radius 2 is 1.94 bits per heavy atom. The van der Waals surface area contributed by atoms with Crippen molar-refractivity contribution in [3.8, 4) is 0 Å². The summed E-state index contributed by atoms with van der Waals surface area (Å²) in [6, 6.07) is 1.35. The van der Waals surface area contributed by atoms with E-state index in [4.69, 9.17) is 4.74 Å². The summed E-state index contributed by atoms with van der Waals surface area (Å²) in [5.74, 6) is 0.914. The summed E-state index contributed by atoms with van der Waals surface area (Å²) in [6.07, 6.45) is 8.63. The lowest BCUT2D eigenvalue weighted by atomic mass is 9.61. The predicted octanol–water partition coefficient (Wildman–Crippen LogP) is 3.75. The van der Waals surface area contributed by atoms with Gasteiger partial charge in [0.1, 0.15) is 0 Å². The molecule has 0 aromatic heterocycles. The van der Waals surface area contributed by atoms with Crippen molar-refractivity contribution < 1.29 is 4.74 Å². The quantitative estimate of drug-likeness (QED) is 0.778. The van der Waals surface area contributed by atoms with Crippen LogP contribution in [0.1, 0.15) is 66.2 Å². The lowest BCUT2D eigenvalue weighted by Crippen LogP contribution is -2.64. The molecule has 0 aromatic rings. The van der Waals surface area contributed by atoms with E-state index >= 15 is 0 Å². The third-order valence-electron chi connectivity index (χ3n) is 5.68. The maximum Gasteiger partial charge on any atom is 0.0658 e. The first-order chi connectivity index (χ1) is 8.61. The van der Waals surface area contributed by atoms with Crippen molar-refractivity contribution in [1.29, 1.82) is 0 Å². The fourth-order valence-corrected chi connectivity index (χ4v) is 3.92. The average Bonchev–Trinajstić information content (AvgIpc) is 2.90. The van der Waals surface area contributed by atoms with E-state index in [0.29, 0.717) is 23.6 Å². The molecule has 2 saturated carbocycles. The number of hydrogen-bond donors (Lipinski definition) is 1. The molecule has 2 heteroatoms. The Morgan fingerprint density at radius 1 is 1.28 bits per heavy atom. The van der Waals surface area contributed by atoms with E-state index in [1.165, 1.54) is 38.5 Å². The summed E-state index contributed by atoms with van der Waals surface area (Å²) in [4.78, 5) is 0. The summed E-state index contributed by atoms with van der Waals surface area (Å²) in [7, 11) is 0. The second-order valence-corrected chi connectivity index (χ2v) is 6.59. The van der Waals surface area contributed by atoms with Crippen molar-refractivity contribution in [2.24, 2.45) is 11.3 Å². The maximum atomic E-state index is 5.88. The highest BCUT2D eigenvalue weighted by Crippen LogP contribution is 2.46. The average molecular weight is 253 g/mol. The van der Waals surface area contributed by atoms with Crippen molar-refractivity contribution in [1.82, 2.24) is 5.32 Å². The minimum Gasteiger partial charge on any atom is -0.378 e. The second kappa shape index (κ2) is 5.92. The molecule has 4 atom stereocenters. The van der Waals surface area contributed by atoms with Crippen LogP contribution >= 0.6 is 0 Å². The monoisotopic (exact) mass is 253 g/mol.